The smallest absolute Gasteiger partial charge is 0.664 e. The predicted molar refractivity (Wildman–Crippen MR) is 236 cm³/mol. The summed E-state index contributed by atoms with van der Waals surface area (Å²) >= 11 is 0. The quantitative estimate of drug-likeness (QED) is 0.0554. The molecule has 0 amide bonds. The van der Waals surface area contributed by atoms with E-state index in [0.717, 1.165) is 47.4 Å². The Balaban J connectivity index is 0.00000105. The average Bonchev–Trinajstić information content (AvgIpc) is 3.91. The second-order valence-electron chi connectivity index (χ2n) is 15.6. The molecule has 0 radical (unpaired) electrons. The van der Waals surface area contributed by atoms with E-state index in [1.807, 2.05) is 58.9 Å². The predicted octanol–water partition coefficient (Wildman–Crippen LogP) is 8.33. The molecular formula is C48H60MgN4O5-2. The Hall–Kier alpha value is -4.41. The Morgan fingerprint density at radius 2 is 1.62 bits per heavy atom. The van der Waals surface area contributed by atoms with Crippen LogP contribution < -0.4 is 25.7 Å². The maximum Gasteiger partial charge on any atom is 2.00 e. The van der Waals surface area contributed by atoms with E-state index in [1.54, 1.807) is 6.08 Å². The number of esters is 1. The van der Waals surface area contributed by atoms with Crippen molar-refractivity contribution in [1.82, 2.24) is 15.0 Å². The van der Waals surface area contributed by atoms with E-state index in [-0.39, 0.29) is 67.1 Å². The third kappa shape index (κ3) is 9.71. The molecule has 6 rings (SSSR count). The van der Waals surface area contributed by atoms with Crippen molar-refractivity contribution in [2.45, 2.75) is 115 Å². The number of aldehydes is 2. The zero-order valence-electron chi connectivity index (χ0n) is 35.3. The van der Waals surface area contributed by atoms with Gasteiger partial charge in [-0.15, -0.1) is 33.5 Å². The zero-order chi connectivity index (χ0) is 40.8. The number of Topliss-reactive ketones (excluding diaryl/α,β-unsaturated/α-hetero) is 1. The van der Waals surface area contributed by atoms with Crippen molar-refractivity contribution >= 4 is 77.3 Å². The summed E-state index contributed by atoms with van der Waals surface area (Å²) in [7, 11) is 0. The van der Waals surface area contributed by atoms with Crippen molar-refractivity contribution in [1.29, 1.82) is 0 Å². The van der Waals surface area contributed by atoms with E-state index in [0.29, 0.717) is 80.6 Å². The fourth-order valence-corrected chi connectivity index (χ4v) is 8.11. The minimum Gasteiger partial charge on any atom is -0.664 e. The minimum absolute atomic E-state index is 0. The minimum atomic E-state index is -1.06. The molecule has 8 bridgehead atoms. The summed E-state index contributed by atoms with van der Waals surface area (Å²) in [4.78, 5) is 66.7. The first-order valence-electron chi connectivity index (χ1n) is 20.1. The summed E-state index contributed by atoms with van der Waals surface area (Å²) in [6.45, 7) is 22.9. The van der Waals surface area contributed by atoms with Gasteiger partial charge in [-0.1, -0.05) is 127 Å². The number of carbonyl (C=O) groups is 4. The molecule has 3 aliphatic rings. The van der Waals surface area contributed by atoms with Crippen molar-refractivity contribution in [3.05, 3.63) is 102 Å². The number of allylic oxidation sites excluding steroid dienone is 4. The number of ketones is 1. The number of ether oxygens (including phenoxy) is 1. The van der Waals surface area contributed by atoms with Gasteiger partial charge in [0, 0.05) is 17.5 Å². The third-order valence-corrected chi connectivity index (χ3v) is 11.2. The van der Waals surface area contributed by atoms with Gasteiger partial charge in [-0.05, 0) is 69.4 Å². The van der Waals surface area contributed by atoms with Crippen molar-refractivity contribution in [2.75, 3.05) is 6.61 Å². The van der Waals surface area contributed by atoms with E-state index in [4.69, 9.17) is 25.0 Å². The molecule has 0 spiro atoms. The first-order valence-corrected chi connectivity index (χ1v) is 20.1. The van der Waals surface area contributed by atoms with Gasteiger partial charge >= 0.3 is 29.0 Å². The second-order valence-corrected chi connectivity index (χ2v) is 15.6. The van der Waals surface area contributed by atoms with Crippen LogP contribution in [0.15, 0.2) is 29.6 Å². The summed E-state index contributed by atoms with van der Waals surface area (Å²) in [5, 5.41) is 6.20. The van der Waals surface area contributed by atoms with Gasteiger partial charge in [0.2, 0.25) is 0 Å². The van der Waals surface area contributed by atoms with Gasteiger partial charge in [0.05, 0.1) is 0 Å². The zero-order valence-corrected chi connectivity index (χ0v) is 36.7. The molecule has 2 aliphatic heterocycles. The van der Waals surface area contributed by atoms with Gasteiger partial charge < -0.3 is 29.8 Å². The van der Waals surface area contributed by atoms with Crippen molar-refractivity contribution in [2.24, 2.45) is 23.7 Å². The first-order chi connectivity index (χ1) is 26.8. The summed E-state index contributed by atoms with van der Waals surface area (Å²) in [6, 6.07) is 0. The number of fused-ring (bicyclic) bond motifs is 7. The number of rotatable bonds is 13. The van der Waals surface area contributed by atoms with Crippen LogP contribution in [-0.4, -0.2) is 54.0 Å². The SMILES string of the molecule is C.C=Cc1c2[n-]c(c1C)/C=C1\[N-]/C(=C3\c4[n-]c(c(C)c4C(=O)[C@@H]3C=O)/C=c3\[n-]/c(c(C=O)c3CC)=C\2)[C@@H](CCC(=O)OC/C=C(\C)CCC)[C@@H]1C.CCCC(C)C.[Mg+2]. The second kappa shape index (κ2) is 21.0. The van der Waals surface area contributed by atoms with Gasteiger partial charge in [0.15, 0.2) is 5.78 Å². The molecule has 0 N–H and O–H groups in total. The Morgan fingerprint density at radius 3 is 2.21 bits per heavy atom. The van der Waals surface area contributed by atoms with Crippen LogP contribution in [0.5, 0.6) is 0 Å². The Morgan fingerprint density at radius 1 is 0.931 bits per heavy atom. The standard InChI is InChI=1S/C41H43N4O5.C6H14.CH4.Mg/c1-8-11-21(4)14-15-50-36(48)13-12-27-23(6)31-16-30-22(5)25(9-2)33(42-30)18-35-28(19-46)26(10-3)34(43-35)17-32-24(7)37-40(45-32)38(39(27)44-31)29(20-47)41(37)49;1-4-5-6(2)3;;/h9,14,16-20,23,27,29H,2,8,10-13,15H2,1,3-7H3,(H-,44,45,46,49);6H,4-5H2,1-3H3;1H4;/q-3;;;+2/p-1/b21-14+,31-16-,35-18-;;;/t23-,27-,29+;;;/m0.../s1. The molecule has 1 saturated heterocycles. The van der Waals surface area contributed by atoms with E-state index in [1.165, 1.54) is 18.4 Å². The molecule has 58 heavy (non-hydrogen) atoms. The Kier molecular flexibility index (Phi) is 17.4. The molecule has 3 atom stereocenters. The molecule has 0 aromatic carbocycles. The monoisotopic (exact) mass is 796 g/mol. The average molecular weight is 797 g/mol. The van der Waals surface area contributed by atoms with Crippen LogP contribution in [0.2, 0.25) is 0 Å². The molecule has 306 valence electrons. The van der Waals surface area contributed by atoms with E-state index >= 15 is 0 Å². The normalized spacial score (nSPS) is 21.1. The van der Waals surface area contributed by atoms with E-state index in [9.17, 15) is 19.2 Å². The molecule has 3 aromatic heterocycles. The van der Waals surface area contributed by atoms with E-state index < -0.39 is 5.92 Å². The molecule has 0 saturated carbocycles. The molecule has 3 aromatic rings. The third-order valence-electron chi connectivity index (χ3n) is 11.2. The number of hydrogen-bond donors (Lipinski definition) is 0. The molecule has 0 unspecified atom stereocenters. The van der Waals surface area contributed by atoms with Crippen LogP contribution in [0.4, 0.5) is 0 Å². The maximum atomic E-state index is 13.9. The van der Waals surface area contributed by atoms with Crippen LogP contribution >= 0.6 is 0 Å². The molecular weight excluding hydrogens is 737 g/mol. The van der Waals surface area contributed by atoms with Crippen LogP contribution in [0.3, 0.4) is 0 Å². The fraction of sp³-hybridized carbons (Fsp3) is 0.458. The van der Waals surface area contributed by atoms with Crippen LogP contribution in [-0.2, 0) is 20.7 Å². The molecule has 5 heterocycles. The van der Waals surface area contributed by atoms with E-state index in [2.05, 4.69) is 34.3 Å². The molecule has 10 heteroatoms. The van der Waals surface area contributed by atoms with Gasteiger partial charge in [0.1, 0.15) is 25.1 Å². The van der Waals surface area contributed by atoms with Crippen molar-refractivity contribution in [3.8, 4) is 0 Å². The maximum absolute atomic E-state index is 13.9. The summed E-state index contributed by atoms with van der Waals surface area (Å²) < 4.78 is 5.55. The van der Waals surface area contributed by atoms with Crippen molar-refractivity contribution in [3.63, 3.8) is 0 Å². The van der Waals surface area contributed by atoms with Crippen LogP contribution in [0.1, 0.15) is 160 Å². The van der Waals surface area contributed by atoms with Crippen LogP contribution in [0.25, 0.3) is 35.2 Å². The molecule has 1 aliphatic carbocycles. The number of aromatic nitrogens is 3. The molecule has 1 fully saturated rings. The molecule has 9 nitrogen and oxygen atoms in total. The van der Waals surface area contributed by atoms with Gasteiger partial charge in [0.25, 0.3) is 0 Å². The number of nitrogens with zero attached hydrogens (tertiary/aromatic N) is 4. The number of carbonyl (C=O) groups excluding carboxylic acids is 4. The largest absolute Gasteiger partial charge is 2.00 e. The summed E-state index contributed by atoms with van der Waals surface area (Å²) in [6.07, 6.45) is 16.5. The number of hydrogen-bond acceptors (Lipinski definition) is 5. The Bertz CT molecular complexity index is 2240. The van der Waals surface area contributed by atoms with Gasteiger partial charge in [-0.2, -0.15) is 11.4 Å². The van der Waals surface area contributed by atoms with Crippen molar-refractivity contribution < 1.29 is 23.9 Å². The van der Waals surface area contributed by atoms with Gasteiger partial charge in [-0.25, -0.2) is 0 Å². The van der Waals surface area contributed by atoms with Crippen LogP contribution in [0, 0.1) is 37.5 Å². The summed E-state index contributed by atoms with van der Waals surface area (Å²) in [5.74, 6) is -1.27. The summed E-state index contributed by atoms with van der Waals surface area (Å²) in [5.41, 5.74) is 9.25. The first kappa shape index (κ1) is 48.0. The van der Waals surface area contributed by atoms with Gasteiger partial charge in [-0.3, -0.25) is 14.4 Å². The topological polar surface area (TPSA) is 134 Å². The Labute approximate surface area is 361 Å². The fourth-order valence-electron chi connectivity index (χ4n) is 8.11.